The molecule has 0 N–H and O–H groups in total. The Balaban J connectivity index is 1.99. The van der Waals surface area contributed by atoms with Crippen molar-refractivity contribution in [1.82, 2.24) is 0 Å². The molecule has 2 rings (SSSR count). The molecular formula is C26H41O-. The fourth-order valence-electron chi connectivity index (χ4n) is 4.75. The molecule has 0 aromatic carbocycles. The second-order valence-electron chi connectivity index (χ2n) is 9.74. The Morgan fingerprint density at radius 3 is 2.37 bits per heavy atom. The molecule has 2 atom stereocenters. The van der Waals surface area contributed by atoms with Crippen LogP contribution in [0.1, 0.15) is 91.9 Å². The lowest BCUT2D eigenvalue weighted by Crippen LogP contribution is -2.30. The van der Waals surface area contributed by atoms with E-state index >= 15 is 0 Å². The Morgan fingerprint density at radius 2 is 1.78 bits per heavy atom. The van der Waals surface area contributed by atoms with E-state index in [0.717, 1.165) is 19.3 Å². The van der Waals surface area contributed by atoms with Crippen LogP contribution < -0.4 is 0 Å². The zero-order valence-corrected chi connectivity index (χ0v) is 18.2. The molecule has 0 amide bonds. The summed E-state index contributed by atoms with van der Waals surface area (Å²) in [6.45, 7) is 12.9. The summed E-state index contributed by atoms with van der Waals surface area (Å²) < 4.78 is 0. The van der Waals surface area contributed by atoms with Crippen molar-refractivity contribution in [3.05, 3.63) is 42.9 Å². The van der Waals surface area contributed by atoms with Gasteiger partial charge in [0, 0.05) is 17.3 Å². The average Bonchev–Trinajstić information content (AvgIpc) is 2.82. The van der Waals surface area contributed by atoms with Crippen molar-refractivity contribution < 1.29 is 4.79 Å². The van der Waals surface area contributed by atoms with Crippen LogP contribution in [0.15, 0.2) is 36.0 Å². The van der Waals surface area contributed by atoms with Gasteiger partial charge < -0.3 is 6.92 Å². The predicted octanol–water partition coefficient (Wildman–Crippen LogP) is 7.64. The van der Waals surface area contributed by atoms with Crippen LogP contribution in [-0.4, -0.2) is 5.78 Å². The Bertz CT molecular complexity index is 567. The molecule has 152 valence electrons. The number of ketones is 1. The first-order chi connectivity index (χ1) is 12.8. The zero-order valence-electron chi connectivity index (χ0n) is 18.2. The standard InChI is InChI=1S/C26H41O/c1-6-21(2)20-24(27)26(5)16-9-7-13-23(14-8-10-17-26)25(4)18-11-12-22(3)15-19-25/h11-12,15,18-19,21,23H,1,6-10,13-14,16-17,20H2,2-5H3/q-1. The van der Waals surface area contributed by atoms with Crippen LogP contribution in [0, 0.1) is 29.6 Å². The van der Waals surface area contributed by atoms with Crippen LogP contribution in [0.5, 0.6) is 0 Å². The third-order valence-corrected chi connectivity index (χ3v) is 7.16. The summed E-state index contributed by atoms with van der Waals surface area (Å²) in [5, 5.41) is 0. The first-order valence-electron chi connectivity index (χ1n) is 11.2. The van der Waals surface area contributed by atoms with Gasteiger partial charge in [-0.1, -0.05) is 88.3 Å². The first-order valence-corrected chi connectivity index (χ1v) is 11.2. The quantitative estimate of drug-likeness (QED) is 0.455. The maximum atomic E-state index is 12.9. The van der Waals surface area contributed by atoms with Crippen molar-refractivity contribution in [3.63, 3.8) is 0 Å². The van der Waals surface area contributed by atoms with Crippen LogP contribution in [0.25, 0.3) is 0 Å². The normalized spacial score (nSPS) is 33.8. The Kier molecular flexibility index (Phi) is 8.13. The van der Waals surface area contributed by atoms with Crippen molar-refractivity contribution in [3.8, 4) is 0 Å². The molecular weight excluding hydrogens is 328 g/mol. The van der Waals surface area contributed by atoms with Crippen LogP contribution in [0.2, 0.25) is 0 Å². The molecule has 0 aromatic rings. The summed E-state index contributed by atoms with van der Waals surface area (Å²) >= 11 is 0. The van der Waals surface area contributed by atoms with Crippen molar-refractivity contribution in [2.24, 2.45) is 22.7 Å². The van der Waals surface area contributed by atoms with E-state index in [1.54, 1.807) is 0 Å². The van der Waals surface area contributed by atoms with E-state index < -0.39 is 0 Å². The summed E-state index contributed by atoms with van der Waals surface area (Å²) in [7, 11) is 0. The van der Waals surface area contributed by atoms with E-state index in [0.29, 0.717) is 24.0 Å². The summed E-state index contributed by atoms with van der Waals surface area (Å²) in [5.41, 5.74) is 1.39. The number of rotatable bonds is 5. The van der Waals surface area contributed by atoms with E-state index in [1.165, 1.54) is 44.1 Å². The molecule has 2 aliphatic carbocycles. The minimum Gasteiger partial charge on any atom is -0.343 e. The molecule has 0 bridgehead atoms. The van der Waals surface area contributed by atoms with Gasteiger partial charge in [-0.2, -0.15) is 6.42 Å². The van der Waals surface area contributed by atoms with E-state index in [1.807, 2.05) is 0 Å². The third kappa shape index (κ3) is 6.19. The molecule has 0 spiro atoms. The molecule has 1 fully saturated rings. The lowest BCUT2D eigenvalue weighted by Gasteiger charge is -2.36. The molecule has 0 aliphatic heterocycles. The number of carbonyl (C=O) groups is 1. The Hall–Kier alpha value is -1.11. The molecule has 2 unspecified atom stereocenters. The van der Waals surface area contributed by atoms with Gasteiger partial charge in [0.1, 0.15) is 5.78 Å². The zero-order chi connectivity index (χ0) is 19.9. The molecule has 0 aromatic heterocycles. The second-order valence-corrected chi connectivity index (χ2v) is 9.74. The highest BCUT2D eigenvalue weighted by atomic mass is 16.1. The van der Waals surface area contributed by atoms with Crippen molar-refractivity contribution in [2.75, 3.05) is 0 Å². The molecule has 0 saturated heterocycles. The van der Waals surface area contributed by atoms with Crippen molar-refractivity contribution >= 4 is 5.78 Å². The molecule has 0 radical (unpaired) electrons. The van der Waals surface area contributed by atoms with Crippen LogP contribution in [0.4, 0.5) is 0 Å². The van der Waals surface area contributed by atoms with Crippen molar-refractivity contribution in [2.45, 2.75) is 91.9 Å². The van der Waals surface area contributed by atoms with Crippen molar-refractivity contribution in [1.29, 1.82) is 0 Å². The average molecular weight is 370 g/mol. The second kappa shape index (κ2) is 9.89. The smallest absolute Gasteiger partial charge is 0.138 e. The van der Waals surface area contributed by atoms with Crippen LogP contribution >= 0.6 is 0 Å². The van der Waals surface area contributed by atoms with Crippen LogP contribution in [0.3, 0.4) is 0 Å². The summed E-state index contributed by atoms with van der Waals surface area (Å²) in [5.74, 6) is 1.61. The van der Waals surface area contributed by atoms with Gasteiger partial charge in [0.05, 0.1) is 0 Å². The molecule has 2 aliphatic rings. The van der Waals surface area contributed by atoms with Gasteiger partial charge in [0.25, 0.3) is 0 Å². The van der Waals surface area contributed by atoms with E-state index in [4.69, 9.17) is 0 Å². The van der Waals surface area contributed by atoms with Gasteiger partial charge in [-0.05, 0) is 38.5 Å². The molecule has 1 nitrogen and oxygen atoms in total. The number of carbonyl (C=O) groups excluding carboxylic acids is 1. The lowest BCUT2D eigenvalue weighted by molar-refractivity contribution is -0.129. The fraction of sp³-hybridized carbons (Fsp3) is 0.692. The highest BCUT2D eigenvalue weighted by molar-refractivity contribution is 5.84. The first kappa shape index (κ1) is 22.2. The highest BCUT2D eigenvalue weighted by Crippen LogP contribution is 2.42. The predicted molar refractivity (Wildman–Crippen MR) is 117 cm³/mol. The highest BCUT2D eigenvalue weighted by Gasteiger charge is 2.34. The monoisotopic (exact) mass is 369 g/mol. The summed E-state index contributed by atoms with van der Waals surface area (Å²) in [6, 6.07) is 0. The van der Waals surface area contributed by atoms with Gasteiger partial charge >= 0.3 is 0 Å². The molecule has 0 heterocycles. The van der Waals surface area contributed by atoms with Gasteiger partial charge in [-0.15, -0.1) is 0 Å². The lowest BCUT2D eigenvalue weighted by atomic mass is 9.68. The Labute approximate surface area is 168 Å². The number of hydrogen-bond acceptors (Lipinski definition) is 1. The number of Topliss-reactive ketones (excluding diaryl/α,β-unsaturated/α-hetero) is 1. The fourth-order valence-corrected chi connectivity index (χ4v) is 4.75. The van der Waals surface area contributed by atoms with Crippen LogP contribution in [-0.2, 0) is 4.79 Å². The van der Waals surface area contributed by atoms with E-state index in [-0.39, 0.29) is 10.8 Å². The number of hydrogen-bond donors (Lipinski definition) is 0. The topological polar surface area (TPSA) is 17.1 Å². The van der Waals surface area contributed by atoms with Gasteiger partial charge in [0.15, 0.2) is 0 Å². The van der Waals surface area contributed by atoms with E-state index in [2.05, 4.69) is 65.0 Å². The SMILES string of the molecule is [CH2-]CC(C)CC(=O)C1(C)CCCCC(C2(C)C=CC=C(C)C=C2)CCCC1. The molecule has 27 heavy (non-hydrogen) atoms. The maximum absolute atomic E-state index is 12.9. The summed E-state index contributed by atoms with van der Waals surface area (Å²) in [4.78, 5) is 12.9. The summed E-state index contributed by atoms with van der Waals surface area (Å²) in [6.07, 6.45) is 22.6. The minimum absolute atomic E-state index is 0.108. The Morgan fingerprint density at radius 1 is 1.15 bits per heavy atom. The largest absolute Gasteiger partial charge is 0.343 e. The molecule has 1 saturated carbocycles. The molecule has 1 heteroatoms. The third-order valence-electron chi connectivity index (χ3n) is 7.16. The van der Waals surface area contributed by atoms with Gasteiger partial charge in [-0.3, -0.25) is 4.79 Å². The van der Waals surface area contributed by atoms with Gasteiger partial charge in [-0.25, -0.2) is 0 Å². The van der Waals surface area contributed by atoms with Gasteiger partial charge in [0.2, 0.25) is 0 Å². The van der Waals surface area contributed by atoms with E-state index in [9.17, 15) is 4.79 Å². The number of allylic oxidation sites excluding steroid dienone is 6. The minimum atomic E-state index is -0.108. The maximum Gasteiger partial charge on any atom is 0.138 e.